The van der Waals surface area contributed by atoms with Crippen molar-refractivity contribution in [1.29, 1.82) is 0 Å². The number of carbonyl (C=O) groups excluding carboxylic acids is 2. The lowest BCUT2D eigenvalue weighted by Crippen LogP contribution is -2.42. The maximum absolute atomic E-state index is 11.7. The fraction of sp³-hybridized carbons (Fsp3) is 0.467. The van der Waals surface area contributed by atoms with Crippen LogP contribution in [0.15, 0.2) is 18.2 Å². The highest BCUT2D eigenvalue weighted by Crippen LogP contribution is 2.22. The van der Waals surface area contributed by atoms with Gasteiger partial charge >= 0.3 is 5.97 Å². The maximum atomic E-state index is 11.7. The smallest absolute Gasteiger partial charge is 0.328 e. The number of nitrogens with one attached hydrogen (secondary N) is 2. The van der Waals surface area contributed by atoms with Gasteiger partial charge < -0.3 is 25.6 Å². The van der Waals surface area contributed by atoms with E-state index in [-0.39, 0.29) is 25.5 Å². The predicted octanol–water partition coefficient (Wildman–Crippen LogP) is 0.325. The number of methoxy groups -OCH3 is 1. The van der Waals surface area contributed by atoms with Gasteiger partial charge in [0.2, 0.25) is 5.91 Å². The molecule has 0 saturated carbocycles. The molecule has 7 nitrogen and oxygen atoms in total. The lowest BCUT2D eigenvalue weighted by atomic mass is 10.0. The van der Waals surface area contributed by atoms with E-state index in [2.05, 4.69) is 15.4 Å². The van der Waals surface area contributed by atoms with Crippen LogP contribution >= 0.6 is 11.6 Å². The fourth-order valence-electron chi connectivity index (χ4n) is 1.94. The van der Waals surface area contributed by atoms with Crippen molar-refractivity contribution >= 4 is 29.2 Å². The number of hydrogen-bond acceptors (Lipinski definition) is 6. The summed E-state index contributed by atoms with van der Waals surface area (Å²) in [4.78, 5) is 23.0. The number of esters is 1. The Morgan fingerprint density at radius 3 is 2.65 bits per heavy atom. The number of benzene rings is 1. The molecule has 4 N–H and O–H groups in total. The van der Waals surface area contributed by atoms with Crippen LogP contribution in [0.4, 0.5) is 5.69 Å². The number of amides is 1. The summed E-state index contributed by atoms with van der Waals surface area (Å²) in [7, 11) is 1.24. The zero-order valence-electron chi connectivity index (χ0n) is 13.0. The highest BCUT2D eigenvalue weighted by atomic mass is 35.5. The van der Waals surface area contributed by atoms with Crippen LogP contribution < -0.4 is 10.6 Å². The van der Waals surface area contributed by atoms with Crippen LogP contribution in [0.2, 0.25) is 5.02 Å². The SMILES string of the molecule is COC(=O)C(Cc1cc(NCC(O)CO)ccc1Cl)NC(C)=O. The Balaban J connectivity index is 2.87. The van der Waals surface area contributed by atoms with E-state index in [9.17, 15) is 14.7 Å². The van der Waals surface area contributed by atoms with Crippen molar-refractivity contribution in [1.82, 2.24) is 5.32 Å². The highest BCUT2D eigenvalue weighted by Gasteiger charge is 2.21. The Hall–Kier alpha value is -1.83. The van der Waals surface area contributed by atoms with Crippen molar-refractivity contribution in [2.24, 2.45) is 0 Å². The summed E-state index contributed by atoms with van der Waals surface area (Å²) in [6.45, 7) is 1.13. The molecule has 128 valence electrons. The Morgan fingerprint density at radius 2 is 2.09 bits per heavy atom. The topological polar surface area (TPSA) is 108 Å². The molecule has 2 unspecified atom stereocenters. The molecule has 0 spiro atoms. The van der Waals surface area contributed by atoms with Gasteiger partial charge in [-0.05, 0) is 23.8 Å². The van der Waals surface area contributed by atoms with Crippen molar-refractivity contribution in [2.45, 2.75) is 25.5 Å². The molecule has 0 radical (unpaired) electrons. The molecule has 23 heavy (non-hydrogen) atoms. The summed E-state index contributed by atoms with van der Waals surface area (Å²) in [5.74, 6) is -0.915. The molecule has 1 amide bonds. The third kappa shape index (κ3) is 6.43. The molecular weight excluding hydrogens is 324 g/mol. The van der Waals surface area contributed by atoms with E-state index in [4.69, 9.17) is 16.7 Å². The Morgan fingerprint density at radius 1 is 1.39 bits per heavy atom. The zero-order valence-corrected chi connectivity index (χ0v) is 13.8. The van der Waals surface area contributed by atoms with E-state index in [0.29, 0.717) is 16.3 Å². The minimum atomic E-state index is -0.878. The summed E-state index contributed by atoms with van der Waals surface area (Å²) in [5, 5.41) is 24.1. The minimum absolute atomic E-state index is 0.170. The number of hydrogen-bond donors (Lipinski definition) is 4. The van der Waals surface area contributed by atoms with E-state index >= 15 is 0 Å². The Labute approximate surface area is 139 Å². The summed E-state index contributed by atoms with van der Waals surface area (Å²) in [6.07, 6.45) is -0.709. The van der Waals surface area contributed by atoms with Crippen LogP contribution in [-0.4, -0.2) is 54.5 Å². The van der Waals surface area contributed by atoms with Gasteiger partial charge in [-0.25, -0.2) is 4.79 Å². The normalized spacial score (nSPS) is 13.1. The van der Waals surface area contributed by atoms with E-state index in [1.165, 1.54) is 14.0 Å². The van der Waals surface area contributed by atoms with E-state index in [1.54, 1.807) is 18.2 Å². The average Bonchev–Trinajstić information content (AvgIpc) is 2.53. The first-order valence-corrected chi connectivity index (χ1v) is 7.41. The van der Waals surface area contributed by atoms with Crippen LogP contribution in [-0.2, 0) is 20.7 Å². The monoisotopic (exact) mass is 344 g/mol. The number of ether oxygens (including phenoxy) is 1. The predicted molar refractivity (Wildman–Crippen MR) is 86.4 cm³/mol. The van der Waals surface area contributed by atoms with Crippen molar-refractivity contribution < 1.29 is 24.5 Å². The molecule has 8 heteroatoms. The molecule has 1 rings (SSSR count). The summed E-state index contributed by atoms with van der Waals surface area (Å²) in [6, 6.07) is 4.23. The molecule has 0 bridgehead atoms. The largest absolute Gasteiger partial charge is 0.467 e. The van der Waals surface area contributed by atoms with Crippen molar-refractivity contribution in [3.05, 3.63) is 28.8 Å². The second-order valence-electron chi connectivity index (χ2n) is 5.00. The molecule has 0 aliphatic heterocycles. The lowest BCUT2D eigenvalue weighted by Gasteiger charge is -2.17. The molecule has 0 saturated heterocycles. The van der Waals surface area contributed by atoms with Crippen molar-refractivity contribution in [3.8, 4) is 0 Å². The van der Waals surface area contributed by atoms with Gasteiger partial charge in [0.25, 0.3) is 0 Å². The number of aliphatic hydroxyl groups is 2. The number of carbonyl (C=O) groups is 2. The molecule has 0 aliphatic carbocycles. The van der Waals surface area contributed by atoms with Gasteiger partial charge in [-0.3, -0.25) is 4.79 Å². The third-order valence-corrected chi connectivity index (χ3v) is 3.45. The number of halogens is 1. The molecule has 0 aromatic heterocycles. The van der Waals surface area contributed by atoms with Gasteiger partial charge in [0, 0.05) is 30.6 Å². The average molecular weight is 345 g/mol. The molecule has 0 aliphatic rings. The molecule has 0 heterocycles. The first-order chi connectivity index (χ1) is 10.9. The molecular formula is C15H21ClN2O5. The first kappa shape index (κ1) is 19.2. The maximum Gasteiger partial charge on any atom is 0.328 e. The van der Waals surface area contributed by atoms with Gasteiger partial charge in [0.15, 0.2) is 0 Å². The number of rotatable bonds is 8. The second kappa shape index (κ2) is 9.34. The molecule has 1 aromatic rings. The van der Waals surface area contributed by atoms with E-state index in [0.717, 1.165) is 0 Å². The Kier molecular flexibility index (Phi) is 7.80. The van der Waals surface area contributed by atoms with Crippen LogP contribution in [0.5, 0.6) is 0 Å². The lowest BCUT2D eigenvalue weighted by molar-refractivity contribution is -0.144. The standard InChI is InChI=1S/C15H21ClN2O5/c1-9(20)18-14(15(22)23-2)6-10-5-11(3-4-13(10)16)17-7-12(21)8-19/h3-5,12,14,17,19,21H,6-8H2,1-2H3,(H,18,20). The number of aliphatic hydroxyl groups excluding tert-OH is 2. The van der Waals surface area contributed by atoms with Crippen molar-refractivity contribution in [3.63, 3.8) is 0 Å². The van der Waals surface area contributed by atoms with E-state index in [1.807, 2.05) is 0 Å². The van der Waals surface area contributed by atoms with Gasteiger partial charge in [0.1, 0.15) is 6.04 Å². The molecule has 1 aromatic carbocycles. The molecule has 2 atom stereocenters. The van der Waals surface area contributed by atoms with Gasteiger partial charge in [-0.2, -0.15) is 0 Å². The fourth-order valence-corrected chi connectivity index (χ4v) is 2.14. The van der Waals surface area contributed by atoms with Crippen LogP contribution in [0.3, 0.4) is 0 Å². The summed E-state index contributed by atoms with van der Waals surface area (Å²) < 4.78 is 4.68. The quantitative estimate of drug-likeness (QED) is 0.506. The Bertz CT molecular complexity index is 553. The van der Waals surface area contributed by atoms with Crippen LogP contribution in [0.25, 0.3) is 0 Å². The zero-order chi connectivity index (χ0) is 17.4. The minimum Gasteiger partial charge on any atom is -0.467 e. The van der Waals surface area contributed by atoms with Gasteiger partial charge in [-0.15, -0.1) is 0 Å². The second-order valence-corrected chi connectivity index (χ2v) is 5.41. The molecule has 0 fully saturated rings. The third-order valence-electron chi connectivity index (χ3n) is 3.09. The summed E-state index contributed by atoms with van der Waals surface area (Å²) >= 11 is 6.13. The highest BCUT2D eigenvalue weighted by molar-refractivity contribution is 6.31. The number of anilines is 1. The first-order valence-electron chi connectivity index (χ1n) is 7.03. The van der Waals surface area contributed by atoms with Gasteiger partial charge in [0.05, 0.1) is 19.8 Å². The van der Waals surface area contributed by atoms with Crippen molar-refractivity contribution in [2.75, 3.05) is 25.6 Å². The van der Waals surface area contributed by atoms with Crippen LogP contribution in [0.1, 0.15) is 12.5 Å². The van der Waals surface area contributed by atoms with E-state index < -0.39 is 18.1 Å². The summed E-state index contributed by atoms with van der Waals surface area (Å²) in [5.41, 5.74) is 1.31. The van der Waals surface area contributed by atoms with Crippen LogP contribution in [0, 0.1) is 0 Å². The van der Waals surface area contributed by atoms with Gasteiger partial charge in [-0.1, -0.05) is 11.6 Å².